The van der Waals surface area contributed by atoms with Crippen molar-refractivity contribution < 1.29 is 14.0 Å². The maximum Gasteiger partial charge on any atom is 0.220 e. The van der Waals surface area contributed by atoms with Gasteiger partial charge in [-0.05, 0) is 31.0 Å². The number of ketones is 1. The Hall–Kier alpha value is -2.70. The van der Waals surface area contributed by atoms with Crippen molar-refractivity contribution in [3.63, 3.8) is 0 Å². The molecular formula is C16H17FN4O2. The van der Waals surface area contributed by atoms with Gasteiger partial charge in [-0.25, -0.2) is 9.07 Å². The average Bonchev–Trinajstić information content (AvgIpc) is 3.13. The molecule has 1 aromatic heterocycles. The van der Waals surface area contributed by atoms with E-state index in [1.165, 1.54) is 29.9 Å². The number of anilines is 1. The van der Waals surface area contributed by atoms with Gasteiger partial charge in [-0.2, -0.15) is 5.10 Å². The molecule has 1 atom stereocenters. The molecule has 1 saturated heterocycles. The van der Waals surface area contributed by atoms with Crippen LogP contribution in [-0.2, 0) is 4.79 Å². The van der Waals surface area contributed by atoms with Crippen LogP contribution in [0, 0.1) is 5.82 Å². The molecule has 1 aliphatic rings. The van der Waals surface area contributed by atoms with Gasteiger partial charge < -0.3 is 10.6 Å². The van der Waals surface area contributed by atoms with E-state index in [1.807, 2.05) is 0 Å². The Morgan fingerprint density at radius 1 is 1.39 bits per heavy atom. The van der Waals surface area contributed by atoms with E-state index in [2.05, 4.69) is 5.10 Å². The predicted octanol–water partition coefficient (Wildman–Crippen LogP) is 1.79. The number of nitrogen functional groups attached to an aromatic ring is 1. The summed E-state index contributed by atoms with van der Waals surface area (Å²) in [4.78, 5) is 25.9. The molecule has 6 nitrogen and oxygen atoms in total. The lowest BCUT2D eigenvalue weighted by Gasteiger charge is -2.21. The first-order valence-electron chi connectivity index (χ1n) is 7.40. The van der Waals surface area contributed by atoms with Crippen LogP contribution >= 0.6 is 0 Å². The fourth-order valence-corrected chi connectivity index (χ4v) is 2.96. The van der Waals surface area contributed by atoms with Crippen LogP contribution in [0.3, 0.4) is 0 Å². The number of carbonyl (C=O) groups is 2. The number of amides is 1. The topological polar surface area (TPSA) is 81.2 Å². The summed E-state index contributed by atoms with van der Waals surface area (Å²) >= 11 is 0. The van der Waals surface area contributed by atoms with Gasteiger partial charge in [0.05, 0.1) is 23.5 Å². The van der Waals surface area contributed by atoms with Crippen LogP contribution < -0.4 is 5.73 Å². The second-order valence-corrected chi connectivity index (χ2v) is 5.57. The van der Waals surface area contributed by atoms with E-state index in [1.54, 1.807) is 17.0 Å². The van der Waals surface area contributed by atoms with E-state index in [4.69, 9.17) is 5.73 Å². The highest BCUT2D eigenvalue weighted by molar-refractivity contribution is 6.05. The normalized spacial score (nSPS) is 17.5. The minimum Gasteiger partial charge on any atom is -0.383 e. The van der Waals surface area contributed by atoms with Gasteiger partial charge in [0.25, 0.3) is 0 Å². The minimum absolute atomic E-state index is 0.128. The molecule has 1 aliphatic heterocycles. The molecule has 0 unspecified atom stereocenters. The molecule has 1 fully saturated rings. The van der Waals surface area contributed by atoms with Crippen LogP contribution in [0.5, 0.6) is 0 Å². The van der Waals surface area contributed by atoms with Gasteiger partial charge in [0.15, 0.2) is 5.78 Å². The first-order valence-corrected chi connectivity index (χ1v) is 7.40. The van der Waals surface area contributed by atoms with Crippen molar-refractivity contribution in [2.45, 2.75) is 25.8 Å². The van der Waals surface area contributed by atoms with Crippen LogP contribution in [0.15, 0.2) is 30.5 Å². The molecule has 1 aromatic carbocycles. The molecule has 1 amide bonds. The molecule has 0 saturated carbocycles. The number of likely N-dealkylation sites (tertiary alicyclic amines) is 1. The van der Waals surface area contributed by atoms with Crippen molar-refractivity contribution in [2.75, 3.05) is 12.3 Å². The number of hydrogen-bond acceptors (Lipinski definition) is 4. The molecule has 7 heteroatoms. The molecule has 0 aliphatic carbocycles. The number of Topliss-reactive ketones (excluding diaryl/α,β-unsaturated/α-hetero) is 1. The maximum atomic E-state index is 13.3. The standard InChI is InChI=1S/C16H17FN4O2/c1-10(22)20-7-3-6-14(20)15(23)13-9-19-21(16(13)18)12-5-2-4-11(17)8-12/h2,4-5,8-9,14H,3,6-7,18H2,1H3/t14-/m0/s1. The summed E-state index contributed by atoms with van der Waals surface area (Å²) in [6.07, 6.45) is 2.77. The molecule has 23 heavy (non-hydrogen) atoms. The number of nitrogens with zero attached hydrogens (tertiary/aromatic N) is 3. The van der Waals surface area contributed by atoms with Gasteiger partial charge in [0.1, 0.15) is 11.6 Å². The average molecular weight is 316 g/mol. The number of rotatable bonds is 3. The van der Waals surface area contributed by atoms with Gasteiger partial charge >= 0.3 is 0 Å². The lowest BCUT2D eigenvalue weighted by molar-refractivity contribution is -0.128. The highest BCUT2D eigenvalue weighted by Gasteiger charge is 2.34. The fraction of sp³-hybridized carbons (Fsp3) is 0.312. The van der Waals surface area contributed by atoms with E-state index in [-0.39, 0.29) is 23.1 Å². The quantitative estimate of drug-likeness (QED) is 0.875. The van der Waals surface area contributed by atoms with Crippen LogP contribution in [-0.4, -0.2) is 39.0 Å². The minimum atomic E-state index is -0.500. The van der Waals surface area contributed by atoms with Crippen LogP contribution in [0.1, 0.15) is 30.1 Å². The van der Waals surface area contributed by atoms with Gasteiger partial charge in [0, 0.05) is 13.5 Å². The molecule has 2 N–H and O–H groups in total. The van der Waals surface area contributed by atoms with Crippen molar-refractivity contribution in [2.24, 2.45) is 0 Å². The zero-order valence-corrected chi connectivity index (χ0v) is 12.7. The van der Waals surface area contributed by atoms with Crippen molar-refractivity contribution in [1.29, 1.82) is 0 Å². The largest absolute Gasteiger partial charge is 0.383 e. The summed E-state index contributed by atoms with van der Waals surface area (Å²) in [5.74, 6) is -0.616. The Kier molecular flexibility index (Phi) is 3.85. The molecule has 0 bridgehead atoms. The summed E-state index contributed by atoms with van der Waals surface area (Å²) < 4.78 is 14.7. The van der Waals surface area contributed by atoms with E-state index in [0.717, 1.165) is 6.42 Å². The zero-order valence-electron chi connectivity index (χ0n) is 12.7. The smallest absolute Gasteiger partial charge is 0.220 e. The first kappa shape index (κ1) is 15.2. The number of benzene rings is 1. The van der Waals surface area contributed by atoms with Gasteiger partial charge in [-0.3, -0.25) is 9.59 Å². The zero-order chi connectivity index (χ0) is 16.6. The Morgan fingerprint density at radius 3 is 2.87 bits per heavy atom. The molecule has 2 aromatic rings. The third kappa shape index (κ3) is 2.69. The van der Waals surface area contributed by atoms with Crippen LogP contribution in [0.4, 0.5) is 10.2 Å². The van der Waals surface area contributed by atoms with Gasteiger partial charge in [0.2, 0.25) is 5.91 Å². The van der Waals surface area contributed by atoms with Crippen molar-refractivity contribution in [3.8, 4) is 5.69 Å². The van der Waals surface area contributed by atoms with Crippen LogP contribution in [0.25, 0.3) is 5.69 Å². The molecule has 0 radical (unpaired) electrons. The summed E-state index contributed by atoms with van der Waals surface area (Å²) in [7, 11) is 0. The Morgan fingerprint density at radius 2 is 2.17 bits per heavy atom. The first-order chi connectivity index (χ1) is 11.0. The predicted molar refractivity (Wildman–Crippen MR) is 82.7 cm³/mol. The number of hydrogen-bond donors (Lipinski definition) is 1. The van der Waals surface area contributed by atoms with E-state index in [9.17, 15) is 14.0 Å². The third-order valence-corrected chi connectivity index (χ3v) is 4.08. The van der Waals surface area contributed by atoms with Gasteiger partial charge in [-0.1, -0.05) is 6.07 Å². The molecular weight excluding hydrogens is 299 g/mol. The number of carbonyl (C=O) groups excluding carboxylic acids is 2. The highest BCUT2D eigenvalue weighted by Crippen LogP contribution is 2.25. The highest BCUT2D eigenvalue weighted by atomic mass is 19.1. The molecule has 120 valence electrons. The summed E-state index contributed by atoms with van der Waals surface area (Å²) in [5, 5.41) is 4.09. The summed E-state index contributed by atoms with van der Waals surface area (Å²) in [6.45, 7) is 2.02. The Bertz CT molecular complexity index is 771. The summed E-state index contributed by atoms with van der Waals surface area (Å²) in [5.41, 5.74) is 6.73. The van der Waals surface area contributed by atoms with Gasteiger partial charge in [-0.15, -0.1) is 0 Å². The lowest BCUT2D eigenvalue weighted by Crippen LogP contribution is -2.39. The Labute approximate surface area is 132 Å². The van der Waals surface area contributed by atoms with E-state index in [0.29, 0.717) is 18.7 Å². The monoisotopic (exact) mass is 316 g/mol. The van der Waals surface area contributed by atoms with Crippen molar-refractivity contribution >= 4 is 17.5 Å². The van der Waals surface area contributed by atoms with Crippen molar-refractivity contribution in [3.05, 3.63) is 41.8 Å². The molecule has 0 spiro atoms. The third-order valence-electron chi connectivity index (χ3n) is 4.08. The number of halogens is 1. The molecule has 2 heterocycles. The van der Waals surface area contributed by atoms with E-state index < -0.39 is 11.9 Å². The SMILES string of the molecule is CC(=O)N1CCC[C@H]1C(=O)c1cnn(-c2cccc(F)c2)c1N. The second kappa shape index (κ2) is 5.83. The number of aromatic nitrogens is 2. The van der Waals surface area contributed by atoms with E-state index >= 15 is 0 Å². The number of nitrogens with two attached hydrogens (primary N) is 1. The Balaban J connectivity index is 1.93. The lowest BCUT2D eigenvalue weighted by atomic mass is 10.0. The van der Waals surface area contributed by atoms with Crippen LogP contribution in [0.2, 0.25) is 0 Å². The second-order valence-electron chi connectivity index (χ2n) is 5.57. The summed E-state index contributed by atoms with van der Waals surface area (Å²) in [6, 6.07) is 5.30. The molecule has 3 rings (SSSR count). The maximum absolute atomic E-state index is 13.3. The fourth-order valence-electron chi connectivity index (χ4n) is 2.96. The van der Waals surface area contributed by atoms with Crippen molar-refractivity contribution in [1.82, 2.24) is 14.7 Å².